The molecular weight excluding hydrogens is 291 g/mol. The predicted octanol–water partition coefficient (Wildman–Crippen LogP) is 1.38. The van der Waals surface area contributed by atoms with E-state index in [-0.39, 0.29) is 18.2 Å². The molecule has 120 valence electrons. The molecule has 0 unspecified atom stereocenters. The molecule has 1 aliphatic heterocycles. The zero-order valence-electron chi connectivity index (χ0n) is 12.0. The number of benzene rings is 1. The Morgan fingerprint density at radius 1 is 1.41 bits per heavy atom. The summed E-state index contributed by atoms with van der Waals surface area (Å²) in [6.07, 6.45) is 1.53. The number of hydrogen-bond acceptors (Lipinski definition) is 4. The van der Waals surface area contributed by atoms with E-state index in [1.165, 1.54) is 18.2 Å². The van der Waals surface area contributed by atoms with Crippen LogP contribution in [-0.2, 0) is 14.3 Å². The fourth-order valence-electron chi connectivity index (χ4n) is 2.28. The molecule has 1 aliphatic rings. The van der Waals surface area contributed by atoms with Gasteiger partial charge in [0.05, 0.1) is 18.2 Å². The van der Waals surface area contributed by atoms with Crippen molar-refractivity contribution in [2.24, 2.45) is 0 Å². The zero-order chi connectivity index (χ0) is 15.9. The van der Waals surface area contributed by atoms with E-state index in [0.29, 0.717) is 13.2 Å². The van der Waals surface area contributed by atoms with Crippen molar-refractivity contribution in [2.45, 2.75) is 31.4 Å². The van der Waals surface area contributed by atoms with Gasteiger partial charge in [-0.1, -0.05) is 12.1 Å². The number of nitrogens with one attached hydrogen (secondary N) is 2. The number of carboxylic acid groups (broad SMARTS) is 1. The molecule has 1 amide bonds. The molecule has 22 heavy (non-hydrogen) atoms. The van der Waals surface area contributed by atoms with Crippen LogP contribution in [0.3, 0.4) is 0 Å². The molecule has 0 bridgehead atoms. The number of hydrogen-bond donors (Lipinski definition) is 3. The van der Waals surface area contributed by atoms with Gasteiger partial charge in [0.2, 0.25) is 5.91 Å². The number of halogens is 1. The molecule has 1 saturated heterocycles. The summed E-state index contributed by atoms with van der Waals surface area (Å²) >= 11 is 0. The van der Waals surface area contributed by atoms with E-state index in [1.807, 2.05) is 0 Å². The monoisotopic (exact) mass is 310 g/mol. The molecule has 3 N–H and O–H groups in total. The van der Waals surface area contributed by atoms with Crippen molar-refractivity contribution in [3.63, 3.8) is 0 Å². The van der Waals surface area contributed by atoms with Crippen LogP contribution in [0.2, 0.25) is 0 Å². The Bertz CT molecular complexity index is 532. The van der Waals surface area contributed by atoms with Crippen molar-refractivity contribution in [3.05, 3.63) is 30.1 Å². The number of rotatable bonds is 7. The number of para-hydroxylation sites is 1. The highest BCUT2D eigenvalue weighted by Gasteiger charge is 2.24. The van der Waals surface area contributed by atoms with E-state index in [4.69, 9.17) is 9.84 Å². The van der Waals surface area contributed by atoms with Crippen LogP contribution in [0.25, 0.3) is 0 Å². The standard InChI is InChI=1S/C15H19FN2O4/c16-11-5-1-2-6-12(11)18-14(19)8-13(15(20)21)17-9-10-4-3-7-22-10/h1-2,5-6,10,13,17H,3-4,7-9H2,(H,18,19)(H,20,21)/t10-,13-/m0/s1. The van der Waals surface area contributed by atoms with Crippen LogP contribution in [0.5, 0.6) is 0 Å². The van der Waals surface area contributed by atoms with E-state index in [0.717, 1.165) is 12.8 Å². The first-order valence-electron chi connectivity index (χ1n) is 7.18. The number of carbonyl (C=O) groups is 2. The Balaban J connectivity index is 1.85. The van der Waals surface area contributed by atoms with Gasteiger partial charge in [0, 0.05) is 13.2 Å². The average molecular weight is 310 g/mol. The highest BCUT2D eigenvalue weighted by Crippen LogP contribution is 2.14. The third-order valence-corrected chi connectivity index (χ3v) is 3.45. The molecule has 0 saturated carbocycles. The third-order valence-electron chi connectivity index (χ3n) is 3.45. The first-order valence-corrected chi connectivity index (χ1v) is 7.18. The maximum Gasteiger partial charge on any atom is 0.321 e. The van der Waals surface area contributed by atoms with Crippen molar-refractivity contribution < 1.29 is 23.8 Å². The molecule has 1 aromatic rings. The Morgan fingerprint density at radius 2 is 2.18 bits per heavy atom. The minimum Gasteiger partial charge on any atom is -0.480 e. The van der Waals surface area contributed by atoms with Gasteiger partial charge in [0.15, 0.2) is 0 Å². The summed E-state index contributed by atoms with van der Waals surface area (Å²) in [4.78, 5) is 23.1. The van der Waals surface area contributed by atoms with Crippen LogP contribution in [0.4, 0.5) is 10.1 Å². The van der Waals surface area contributed by atoms with Gasteiger partial charge in [0.1, 0.15) is 11.9 Å². The summed E-state index contributed by atoms with van der Waals surface area (Å²) in [7, 11) is 0. The van der Waals surface area contributed by atoms with Gasteiger partial charge in [-0.3, -0.25) is 9.59 Å². The van der Waals surface area contributed by atoms with Gasteiger partial charge in [-0.15, -0.1) is 0 Å². The first-order chi connectivity index (χ1) is 10.6. The summed E-state index contributed by atoms with van der Waals surface area (Å²) in [5.41, 5.74) is 0.0377. The maximum atomic E-state index is 13.4. The summed E-state index contributed by atoms with van der Waals surface area (Å²) in [6, 6.07) is 4.70. The summed E-state index contributed by atoms with van der Waals surface area (Å²) < 4.78 is 18.8. The van der Waals surface area contributed by atoms with Crippen molar-refractivity contribution in [3.8, 4) is 0 Å². The van der Waals surface area contributed by atoms with Crippen molar-refractivity contribution >= 4 is 17.6 Å². The summed E-state index contributed by atoms with van der Waals surface area (Å²) in [5, 5.41) is 14.3. The van der Waals surface area contributed by atoms with E-state index >= 15 is 0 Å². The van der Waals surface area contributed by atoms with Crippen LogP contribution >= 0.6 is 0 Å². The van der Waals surface area contributed by atoms with E-state index in [1.54, 1.807) is 6.07 Å². The molecule has 1 aromatic carbocycles. The number of ether oxygens (including phenoxy) is 1. The van der Waals surface area contributed by atoms with Crippen LogP contribution in [0, 0.1) is 5.82 Å². The van der Waals surface area contributed by atoms with Crippen molar-refractivity contribution in [2.75, 3.05) is 18.5 Å². The molecule has 7 heteroatoms. The minimum absolute atomic E-state index is 0.0171. The fourth-order valence-corrected chi connectivity index (χ4v) is 2.28. The molecule has 1 heterocycles. The molecular formula is C15H19FN2O4. The van der Waals surface area contributed by atoms with Gasteiger partial charge in [-0.05, 0) is 25.0 Å². The van der Waals surface area contributed by atoms with Gasteiger partial charge < -0.3 is 20.5 Å². The molecule has 0 spiro atoms. The lowest BCUT2D eigenvalue weighted by Crippen LogP contribution is -2.43. The van der Waals surface area contributed by atoms with Gasteiger partial charge in [-0.2, -0.15) is 0 Å². The highest BCUT2D eigenvalue weighted by atomic mass is 19.1. The minimum atomic E-state index is -1.12. The van der Waals surface area contributed by atoms with Gasteiger partial charge >= 0.3 is 5.97 Å². The van der Waals surface area contributed by atoms with Crippen LogP contribution in [0.15, 0.2) is 24.3 Å². The largest absolute Gasteiger partial charge is 0.480 e. The maximum absolute atomic E-state index is 13.4. The number of carbonyl (C=O) groups excluding carboxylic acids is 1. The fraction of sp³-hybridized carbons (Fsp3) is 0.467. The quantitative estimate of drug-likeness (QED) is 0.708. The Labute approximate surface area is 127 Å². The second kappa shape index (κ2) is 7.86. The molecule has 0 aliphatic carbocycles. The van der Waals surface area contributed by atoms with Crippen molar-refractivity contribution in [1.29, 1.82) is 0 Å². The smallest absolute Gasteiger partial charge is 0.321 e. The number of amides is 1. The Morgan fingerprint density at radius 3 is 2.82 bits per heavy atom. The predicted molar refractivity (Wildman–Crippen MR) is 78.0 cm³/mol. The second-order valence-electron chi connectivity index (χ2n) is 5.17. The lowest BCUT2D eigenvalue weighted by Gasteiger charge is -2.17. The highest BCUT2D eigenvalue weighted by molar-refractivity contribution is 5.94. The SMILES string of the molecule is O=C(C[C@H](NC[C@@H]1CCCO1)C(=O)O)Nc1ccccc1F. The third kappa shape index (κ3) is 4.78. The molecule has 0 radical (unpaired) electrons. The normalized spacial score (nSPS) is 18.9. The number of carboxylic acids is 1. The zero-order valence-corrected chi connectivity index (χ0v) is 12.0. The van der Waals surface area contributed by atoms with Crippen molar-refractivity contribution in [1.82, 2.24) is 5.32 Å². The van der Waals surface area contributed by atoms with E-state index < -0.39 is 23.7 Å². The van der Waals surface area contributed by atoms with Crippen LogP contribution < -0.4 is 10.6 Å². The molecule has 2 rings (SSSR count). The van der Waals surface area contributed by atoms with E-state index in [9.17, 15) is 14.0 Å². The lowest BCUT2D eigenvalue weighted by molar-refractivity contribution is -0.141. The van der Waals surface area contributed by atoms with Crippen LogP contribution in [-0.4, -0.2) is 42.3 Å². The van der Waals surface area contributed by atoms with Gasteiger partial charge in [0.25, 0.3) is 0 Å². The molecule has 1 fully saturated rings. The number of anilines is 1. The first kappa shape index (κ1) is 16.4. The average Bonchev–Trinajstić information content (AvgIpc) is 2.99. The summed E-state index contributed by atoms with van der Waals surface area (Å²) in [5.74, 6) is -2.24. The Kier molecular flexibility index (Phi) is 5.85. The van der Waals surface area contributed by atoms with E-state index in [2.05, 4.69) is 10.6 Å². The number of aliphatic carboxylic acids is 1. The Hall–Kier alpha value is -1.99. The molecule has 0 aromatic heterocycles. The second-order valence-corrected chi connectivity index (χ2v) is 5.17. The molecule has 2 atom stereocenters. The topological polar surface area (TPSA) is 87.7 Å². The molecule has 6 nitrogen and oxygen atoms in total. The van der Waals surface area contributed by atoms with Gasteiger partial charge in [-0.25, -0.2) is 4.39 Å². The lowest BCUT2D eigenvalue weighted by atomic mass is 10.1. The summed E-state index contributed by atoms with van der Waals surface area (Å²) in [6.45, 7) is 1.06. The van der Waals surface area contributed by atoms with Crippen LogP contribution in [0.1, 0.15) is 19.3 Å².